The normalized spacial score (nSPS) is 13.3. The van der Waals surface area contributed by atoms with E-state index in [0.29, 0.717) is 11.4 Å². The van der Waals surface area contributed by atoms with Crippen LogP contribution in [-0.2, 0) is 7.05 Å². The van der Waals surface area contributed by atoms with E-state index < -0.39 is 17.1 Å². The number of ketones is 2. The van der Waals surface area contributed by atoms with Crippen molar-refractivity contribution in [1.82, 2.24) is 9.36 Å². The van der Waals surface area contributed by atoms with E-state index in [2.05, 4.69) is 21.2 Å². The maximum Gasteiger partial charge on any atom is 0.283 e. The molecule has 3 aromatic rings. The number of benzene rings is 2. The second kappa shape index (κ2) is 6.51. The standard InChI is InChI=1S/C20H14BrN3O3/c1-23-18-16(25)11-15(22-13-9-7-12(21)8-10-13)19(26)17(18)20(27)24(23)14-5-3-2-4-6-14/h2-11,22H,1H3. The molecule has 0 saturated carbocycles. The van der Waals surface area contributed by atoms with Crippen LogP contribution in [0.4, 0.5) is 5.69 Å². The number of nitrogens with one attached hydrogen (secondary N) is 1. The van der Waals surface area contributed by atoms with Crippen LogP contribution in [0, 0.1) is 0 Å². The van der Waals surface area contributed by atoms with E-state index in [-0.39, 0.29) is 17.0 Å². The highest BCUT2D eigenvalue weighted by molar-refractivity contribution is 9.10. The highest BCUT2D eigenvalue weighted by atomic mass is 79.9. The maximum atomic E-state index is 12.9. The van der Waals surface area contributed by atoms with Gasteiger partial charge in [-0.1, -0.05) is 34.1 Å². The van der Waals surface area contributed by atoms with Gasteiger partial charge in [-0.25, -0.2) is 4.68 Å². The number of rotatable bonds is 3. The Morgan fingerprint density at radius 2 is 1.59 bits per heavy atom. The molecule has 0 saturated heterocycles. The summed E-state index contributed by atoms with van der Waals surface area (Å²) in [4.78, 5) is 38.5. The average Bonchev–Trinajstić information content (AvgIpc) is 2.93. The Labute approximate surface area is 162 Å². The van der Waals surface area contributed by atoms with Crippen LogP contribution in [0.25, 0.3) is 5.69 Å². The third-order valence-corrected chi connectivity index (χ3v) is 4.90. The molecule has 134 valence electrons. The van der Waals surface area contributed by atoms with Gasteiger partial charge < -0.3 is 5.32 Å². The van der Waals surface area contributed by atoms with E-state index in [1.54, 1.807) is 43.4 Å². The minimum atomic E-state index is -0.514. The molecule has 1 heterocycles. The van der Waals surface area contributed by atoms with Gasteiger partial charge in [0.25, 0.3) is 5.56 Å². The van der Waals surface area contributed by atoms with Gasteiger partial charge in [0, 0.05) is 23.3 Å². The lowest BCUT2D eigenvalue weighted by Crippen LogP contribution is -2.26. The molecular weight excluding hydrogens is 410 g/mol. The number of carbonyl (C=O) groups is 2. The topological polar surface area (TPSA) is 73.1 Å². The van der Waals surface area contributed by atoms with E-state index in [1.165, 1.54) is 15.4 Å². The molecule has 0 spiro atoms. The lowest BCUT2D eigenvalue weighted by Gasteiger charge is -2.14. The molecule has 7 heteroatoms. The molecule has 1 aliphatic rings. The van der Waals surface area contributed by atoms with Crippen molar-refractivity contribution < 1.29 is 9.59 Å². The summed E-state index contributed by atoms with van der Waals surface area (Å²) in [6, 6.07) is 16.1. The Kier molecular flexibility index (Phi) is 4.16. The van der Waals surface area contributed by atoms with Gasteiger partial charge in [-0.2, -0.15) is 0 Å². The molecule has 1 aromatic heterocycles. The van der Waals surface area contributed by atoms with Gasteiger partial charge in [-0.15, -0.1) is 0 Å². The largest absolute Gasteiger partial charge is 0.352 e. The molecule has 1 N–H and O–H groups in total. The van der Waals surface area contributed by atoms with Crippen LogP contribution in [-0.4, -0.2) is 20.9 Å². The van der Waals surface area contributed by atoms with Gasteiger partial charge in [0.15, 0.2) is 0 Å². The minimum absolute atomic E-state index is 0.0812. The second-order valence-electron chi connectivity index (χ2n) is 6.08. The van der Waals surface area contributed by atoms with Crippen LogP contribution in [0.15, 0.2) is 75.6 Å². The molecule has 0 aliphatic heterocycles. The van der Waals surface area contributed by atoms with Crippen molar-refractivity contribution in [2.75, 3.05) is 5.32 Å². The number of aromatic nitrogens is 2. The van der Waals surface area contributed by atoms with Crippen molar-refractivity contribution in [3.8, 4) is 5.69 Å². The summed E-state index contributed by atoms with van der Waals surface area (Å²) in [5, 5.41) is 2.94. The molecule has 1 aliphatic carbocycles. The smallest absolute Gasteiger partial charge is 0.283 e. The lowest BCUT2D eigenvalue weighted by molar-refractivity contribution is 0.0980. The summed E-state index contributed by atoms with van der Waals surface area (Å²) in [5.74, 6) is -0.888. The van der Waals surface area contributed by atoms with E-state index in [1.807, 2.05) is 18.2 Å². The zero-order chi connectivity index (χ0) is 19.1. The summed E-state index contributed by atoms with van der Waals surface area (Å²) < 4.78 is 3.65. The minimum Gasteiger partial charge on any atom is -0.352 e. The summed E-state index contributed by atoms with van der Waals surface area (Å²) in [5.41, 5.74) is 0.775. The second-order valence-corrected chi connectivity index (χ2v) is 7.00. The van der Waals surface area contributed by atoms with Crippen LogP contribution in [0.1, 0.15) is 20.8 Å². The maximum absolute atomic E-state index is 12.9. The number of anilines is 1. The SMILES string of the molecule is Cn1c2c(c(=O)n1-c1ccccc1)C(=O)C(Nc1ccc(Br)cc1)=CC2=O. The summed E-state index contributed by atoms with van der Waals surface area (Å²) in [6.45, 7) is 0. The van der Waals surface area contributed by atoms with Crippen molar-refractivity contribution >= 4 is 33.2 Å². The van der Waals surface area contributed by atoms with E-state index in [0.717, 1.165) is 4.47 Å². The Morgan fingerprint density at radius 1 is 0.926 bits per heavy atom. The monoisotopic (exact) mass is 423 g/mol. The molecule has 0 bridgehead atoms. The Hall–Kier alpha value is -3.19. The van der Waals surface area contributed by atoms with Crippen molar-refractivity contribution in [2.45, 2.75) is 0 Å². The molecule has 4 rings (SSSR count). The first kappa shape index (κ1) is 17.2. The quantitative estimate of drug-likeness (QED) is 0.701. The van der Waals surface area contributed by atoms with Crippen molar-refractivity contribution in [2.24, 2.45) is 7.05 Å². The number of para-hydroxylation sites is 1. The fourth-order valence-electron chi connectivity index (χ4n) is 3.13. The first-order valence-corrected chi connectivity index (χ1v) is 8.97. The number of halogens is 1. The predicted molar refractivity (Wildman–Crippen MR) is 106 cm³/mol. The van der Waals surface area contributed by atoms with E-state index in [4.69, 9.17) is 0 Å². The van der Waals surface area contributed by atoms with E-state index >= 15 is 0 Å². The summed E-state index contributed by atoms with van der Waals surface area (Å²) in [7, 11) is 1.60. The number of allylic oxidation sites excluding steroid dienone is 2. The van der Waals surface area contributed by atoms with Gasteiger partial charge in [0.2, 0.25) is 11.6 Å². The first-order valence-electron chi connectivity index (χ1n) is 8.18. The number of Topliss-reactive ketones (excluding diaryl/α,β-unsaturated/α-hetero) is 1. The molecule has 0 unspecified atom stereocenters. The zero-order valence-corrected chi connectivity index (χ0v) is 15.9. The van der Waals surface area contributed by atoms with E-state index in [9.17, 15) is 14.4 Å². The molecule has 2 aromatic carbocycles. The van der Waals surface area contributed by atoms with Crippen molar-refractivity contribution in [3.05, 3.63) is 92.5 Å². The molecule has 0 radical (unpaired) electrons. The Balaban J connectivity index is 1.80. The third-order valence-electron chi connectivity index (χ3n) is 4.37. The van der Waals surface area contributed by atoms with Gasteiger partial charge >= 0.3 is 0 Å². The fourth-order valence-corrected chi connectivity index (χ4v) is 3.40. The Bertz CT molecular complexity index is 1160. The lowest BCUT2D eigenvalue weighted by atomic mass is 9.99. The molecule has 6 nitrogen and oxygen atoms in total. The van der Waals surface area contributed by atoms with Crippen LogP contribution in [0.2, 0.25) is 0 Å². The van der Waals surface area contributed by atoms with Crippen molar-refractivity contribution in [1.29, 1.82) is 0 Å². The molecule has 0 amide bonds. The number of nitrogens with zero attached hydrogens (tertiary/aromatic N) is 2. The molecular formula is C20H14BrN3O3. The molecule has 27 heavy (non-hydrogen) atoms. The molecule has 0 fully saturated rings. The highest BCUT2D eigenvalue weighted by Crippen LogP contribution is 2.23. The highest BCUT2D eigenvalue weighted by Gasteiger charge is 2.34. The first-order chi connectivity index (χ1) is 13.0. The van der Waals surface area contributed by atoms with Crippen LogP contribution >= 0.6 is 15.9 Å². The average molecular weight is 424 g/mol. The Morgan fingerprint density at radius 3 is 2.26 bits per heavy atom. The number of hydrogen-bond donors (Lipinski definition) is 1. The molecule has 0 atom stereocenters. The van der Waals surface area contributed by atoms with Crippen LogP contribution < -0.4 is 10.9 Å². The number of carbonyl (C=O) groups excluding carboxylic acids is 2. The predicted octanol–water partition coefficient (Wildman–Crippen LogP) is 3.31. The fraction of sp³-hybridized carbons (Fsp3) is 0.0500. The number of fused-ring (bicyclic) bond motifs is 1. The number of hydrogen-bond acceptors (Lipinski definition) is 4. The summed E-state index contributed by atoms with van der Waals surface area (Å²) in [6.07, 6.45) is 1.24. The van der Waals surface area contributed by atoms with Gasteiger partial charge in [0.1, 0.15) is 11.3 Å². The van der Waals surface area contributed by atoms with Gasteiger partial charge in [-0.3, -0.25) is 19.1 Å². The third kappa shape index (κ3) is 2.86. The summed E-state index contributed by atoms with van der Waals surface area (Å²) >= 11 is 3.35. The van der Waals surface area contributed by atoms with Crippen LogP contribution in [0.5, 0.6) is 0 Å². The van der Waals surface area contributed by atoms with Gasteiger partial charge in [0.05, 0.1) is 11.4 Å². The zero-order valence-electron chi connectivity index (χ0n) is 14.3. The van der Waals surface area contributed by atoms with Crippen LogP contribution in [0.3, 0.4) is 0 Å². The van der Waals surface area contributed by atoms with Gasteiger partial charge in [-0.05, 0) is 36.4 Å². The van der Waals surface area contributed by atoms with Crippen molar-refractivity contribution in [3.63, 3.8) is 0 Å².